The van der Waals surface area contributed by atoms with E-state index in [-0.39, 0.29) is 10.9 Å². The van der Waals surface area contributed by atoms with E-state index in [1.807, 2.05) is 0 Å². The van der Waals surface area contributed by atoms with E-state index < -0.39 is 17.6 Å². The van der Waals surface area contributed by atoms with Gasteiger partial charge in [-0.3, -0.25) is 0 Å². The van der Waals surface area contributed by atoms with Crippen molar-refractivity contribution in [2.75, 3.05) is 0 Å². The topological polar surface area (TPSA) is 50.4 Å². The maximum atomic E-state index is 12.9. The zero-order valence-corrected chi connectivity index (χ0v) is 9.13. The van der Waals surface area contributed by atoms with Crippen molar-refractivity contribution in [3.8, 4) is 0 Å². The Labute approximate surface area is 99.1 Å². The van der Waals surface area contributed by atoms with Gasteiger partial charge in [0.2, 0.25) is 5.76 Å². The molecular weight excluding hydrogens is 250 g/mol. The van der Waals surface area contributed by atoms with Gasteiger partial charge in [-0.05, 0) is 24.3 Å². The molecule has 1 N–H and O–H groups in total. The number of halogens is 2. The second-order valence-corrected chi connectivity index (χ2v) is 4.21. The summed E-state index contributed by atoms with van der Waals surface area (Å²) in [7, 11) is 0. The Morgan fingerprint density at radius 1 is 1.18 bits per heavy atom. The van der Waals surface area contributed by atoms with Crippen molar-refractivity contribution >= 4 is 17.7 Å². The van der Waals surface area contributed by atoms with Gasteiger partial charge >= 0.3 is 5.97 Å². The van der Waals surface area contributed by atoms with Crippen LogP contribution in [0.15, 0.2) is 44.7 Å². The van der Waals surface area contributed by atoms with Gasteiger partial charge in [-0.15, -0.1) is 0 Å². The van der Waals surface area contributed by atoms with Gasteiger partial charge in [0.05, 0.1) is 0 Å². The van der Waals surface area contributed by atoms with Crippen molar-refractivity contribution in [3.05, 3.63) is 47.7 Å². The van der Waals surface area contributed by atoms with Crippen LogP contribution in [0.4, 0.5) is 8.78 Å². The molecule has 0 unspecified atom stereocenters. The first-order valence-corrected chi connectivity index (χ1v) is 5.33. The molecule has 88 valence electrons. The molecule has 0 saturated carbocycles. The van der Waals surface area contributed by atoms with Gasteiger partial charge < -0.3 is 9.52 Å². The lowest BCUT2D eigenvalue weighted by atomic mass is 10.3. The van der Waals surface area contributed by atoms with Crippen LogP contribution in [0, 0.1) is 11.6 Å². The number of rotatable bonds is 3. The zero-order chi connectivity index (χ0) is 12.4. The van der Waals surface area contributed by atoms with E-state index >= 15 is 0 Å². The van der Waals surface area contributed by atoms with E-state index in [9.17, 15) is 13.6 Å². The number of hydrogen-bond donors (Lipinski definition) is 1. The Morgan fingerprint density at radius 2 is 1.82 bits per heavy atom. The highest BCUT2D eigenvalue weighted by Gasteiger charge is 2.10. The van der Waals surface area contributed by atoms with Crippen molar-refractivity contribution in [2.24, 2.45) is 0 Å². The summed E-state index contributed by atoms with van der Waals surface area (Å²) < 4.78 is 30.7. The summed E-state index contributed by atoms with van der Waals surface area (Å²) >= 11 is 0.944. The van der Waals surface area contributed by atoms with E-state index in [4.69, 9.17) is 9.52 Å². The molecule has 0 atom stereocenters. The summed E-state index contributed by atoms with van der Waals surface area (Å²) in [5.74, 6) is -2.80. The van der Waals surface area contributed by atoms with E-state index in [0.29, 0.717) is 4.90 Å². The van der Waals surface area contributed by atoms with Crippen molar-refractivity contribution in [3.63, 3.8) is 0 Å². The van der Waals surface area contributed by atoms with Gasteiger partial charge in [0, 0.05) is 11.0 Å². The van der Waals surface area contributed by atoms with Gasteiger partial charge in [0.25, 0.3) is 0 Å². The molecule has 0 spiro atoms. The minimum atomic E-state index is -1.19. The van der Waals surface area contributed by atoms with Gasteiger partial charge in [-0.25, -0.2) is 13.6 Å². The van der Waals surface area contributed by atoms with Crippen LogP contribution in [0.3, 0.4) is 0 Å². The number of hydrogen-bond acceptors (Lipinski definition) is 3. The monoisotopic (exact) mass is 256 g/mol. The number of carboxylic acids is 1. The normalized spacial score (nSPS) is 10.5. The third kappa shape index (κ3) is 2.85. The third-order valence-electron chi connectivity index (χ3n) is 1.85. The van der Waals surface area contributed by atoms with E-state index in [2.05, 4.69) is 0 Å². The zero-order valence-electron chi connectivity index (χ0n) is 8.31. The van der Waals surface area contributed by atoms with Crippen LogP contribution in [0.1, 0.15) is 10.6 Å². The van der Waals surface area contributed by atoms with Gasteiger partial charge in [0.1, 0.15) is 11.6 Å². The lowest BCUT2D eigenvalue weighted by molar-refractivity contribution is 0.0656. The molecule has 2 aromatic rings. The lowest BCUT2D eigenvalue weighted by Gasteiger charge is -1.98. The maximum Gasteiger partial charge on any atom is 0.371 e. The molecule has 3 nitrogen and oxygen atoms in total. The third-order valence-corrected chi connectivity index (χ3v) is 2.74. The molecule has 0 saturated heterocycles. The molecule has 0 radical (unpaired) electrons. The summed E-state index contributed by atoms with van der Waals surface area (Å²) in [6.45, 7) is 0. The fraction of sp³-hybridized carbons (Fsp3) is 0. The standard InChI is InChI=1S/C11H6F2O3S/c12-6-3-7(13)5-8(4-6)17-10-2-1-9(16-10)11(14)15/h1-5H,(H,14,15). The summed E-state index contributed by atoms with van der Waals surface area (Å²) in [5.41, 5.74) is 0. The van der Waals surface area contributed by atoms with E-state index in [0.717, 1.165) is 30.0 Å². The average Bonchev–Trinajstić information content (AvgIpc) is 2.64. The van der Waals surface area contributed by atoms with Gasteiger partial charge in [-0.1, -0.05) is 11.8 Å². The fourth-order valence-corrected chi connectivity index (χ4v) is 2.04. The Balaban J connectivity index is 2.22. The predicted molar refractivity (Wildman–Crippen MR) is 56.1 cm³/mol. The highest BCUT2D eigenvalue weighted by Crippen LogP contribution is 2.30. The second kappa shape index (κ2) is 4.58. The van der Waals surface area contributed by atoms with Crippen molar-refractivity contribution in [1.29, 1.82) is 0 Å². The van der Waals surface area contributed by atoms with Crippen LogP contribution in [-0.4, -0.2) is 11.1 Å². The molecule has 0 aliphatic heterocycles. The fourth-order valence-electron chi connectivity index (χ4n) is 1.19. The quantitative estimate of drug-likeness (QED) is 0.914. The van der Waals surface area contributed by atoms with Gasteiger partial charge in [0.15, 0.2) is 5.09 Å². The Hall–Kier alpha value is -1.82. The van der Waals surface area contributed by atoms with E-state index in [1.54, 1.807) is 0 Å². The first kappa shape index (κ1) is 11.7. The smallest absolute Gasteiger partial charge is 0.371 e. The summed E-state index contributed by atoms with van der Waals surface area (Å²) in [5, 5.41) is 8.89. The van der Waals surface area contributed by atoms with Crippen LogP contribution < -0.4 is 0 Å². The molecule has 1 heterocycles. The predicted octanol–water partition coefficient (Wildman–Crippen LogP) is 3.41. The van der Waals surface area contributed by atoms with Crippen molar-refractivity contribution in [1.82, 2.24) is 0 Å². The Bertz CT molecular complexity index is 545. The SMILES string of the molecule is O=C(O)c1ccc(Sc2cc(F)cc(F)c2)o1. The van der Waals surface area contributed by atoms with E-state index in [1.165, 1.54) is 12.1 Å². The van der Waals surface area contributed by atoms with Crippen LogP contribution in [0.5, 0.6) is 0 Å². The highest BCUT2D eigenvalue weighted by molar-refractivity contribution is 7.99. The Kier molecular flexibility index (Phi) is 3.14. The highest BCUT2D eigenvalue weighted by atomic mass is 32.2. The molecule has 0 aliphatic rings. The molecule has 1 aromatic heterocycles. The molecular formula is C11H6F2O3S. The summed E-state index contributed by atoms with van der Waals surface area (Å²) in [6.07, 6.45) is 0. The van der Waals surface area contributed by atoms with Crippen LogP contribution in [0.25, 0.3) is 0 Å². The number of carbonyl (C=O) groups is 1. The summed E-state index contributed by atoms with van der Waals surface area (Å²) in [6, 6.07) is 5.74. The molecule has 0 bridgehead atoms. The number of benzene rings is 1. The molecule has 0 fully saturated rings. The van der Waals surface area contributed by atoms with Crippen LogP contribution in [-0.2, 0) is 0 Å². The van der Waals surface area contributed by atoms with Crippen molar-refractivity contribution in [2.45, 2.75) is 9.99 Å². The molecule has 0 amide bonds. The van der Waals surface area contributed by atoms with Crippen LogP contribution in [0.2, 0.25) is 0 Å². The van der Waals surface area contributed by atoms with Crippen molar-refractivity contribution < 1.29 is 23.1 Å². The maximum absolute atomic E-state index is 12.9. The molecule has 6 heteroatoms. The van der Waals surface area contributed by atoms with Gasteiger partial charge in [-0.2, -0.15) is 0 Å². The number of aromatic carboxylic acids is 1. The Morgan fingerprint density at radius 3 is 2.35 bits per heavy atom. The first-order chi connectivity index (χ1) is 8.04. The average molecular weight is 256 g/mol. The number of carboxylic acid groups (broad SMARTS) is 1. The van der Waals surface area contributed by atoms with Crippen LogP contribution >= 0.6 is 11.8 Å². The molecule has 1 aromatic carbocycles. The number of furan rings is 1. The first-order valence-electron chi connectivity index (χ1n) is 4.51. The minimum absolute atomic E-state index is 0.218. The summed E-state index contributed by atoms with van der Waals surface area (Å²) in [4.78, 5) is 10.9. The molecule has 17 heavy (non-hydrogen) atoms. The lowest BCUT2D eigenvalue weighted by Crippen LogP contribution is -1.91. The minimum Gasteiger partial charge on any atom is -0.475 e. The largest absolute Gasteiger partial charge is 0.475 e. The molecule has 0 aliphatic carbocycles. The second-order valence-electron chi connectivity index (χ2n) is 3.13. The molecule has 2 rings (SSSR count).